The average Bonchev–Trinajstić information content (AvgIpc) is 3.20. The summed E-state index contributed by atoms with van der Waals surface area (Å²) in [5.41, 5.74) is 3.77. The molecule has 0 aliphatic heterocycles. The van der Waals surface area contributed by atoms with Gasteiger partial charge in [0.25, 0.3) is 5.89 Å². The van der Waals surface area contributed by atoms with E-state index in [4.69, 9.17) is 9.26 Å². The van der Waals surface area contributed by atoms with Crippen molar-refractivity contribution in [2.75, 3.05) is 0 Å². The Morgan fingerprint density at radius 2 is 1.86 bits per heavy atom. The van der Waals surface area contributed by atoms with Gasteiger partial charge in [-0.15, -0.1) is 0 Å². The van der Waals surface area contributed by atoms with Crippen molar-refractivity contribution in [2.45, 2.75) is 33.3 Å². The Balaban J connectivity index is 1.64. The molecule has 0 bridgehead atoms. The fourth-order valence-electron chi connectivity index (χ4n) is 2.62. The van der Waals surface area contributed by atoms with Gasteiger partial charge in [0, 0.05) is 5.56 Å². The van der Waals surface area contributed by atoms with Crippen molar-refractivity contribution < 1.29 is 14.1 Å². The minimum absolute atomic E-state index is 0.0992. The van der Waals surface area contributed by atoms with Crippen LogP contribution in [0.5, 0.6) is 0 Å². The number of rotatable bonds is 6. The highest BCUT2D eigenvalue weighted by atomic mass is 16.6. The monoisotopic (exact) mass is 387 g/mol. The highest BCUT2D eigenvalue weighted by Crippen LogP contribution is 2.20. The van der Waals surface area contributed by atoms with Crippen molar-refractivity contribution in [2.24, 2.45) is 0 Å². The zero-order valence-electron chi connectivity index (χ0n) is 16.5. The Morgan fingerprint density at radius 3 is 2.48 bits per heavy atom. The van der Waals surface area contributed by atoms with Gasteiger partial charge in [0.1, 0.15) is 11.6 Å². The first-order valence-electron chi connectivity index (χ1n) is 9.25. The van der Waals surface area contributed by atoms with Crippen LogP contribution in [0.1, 0.15) is 42.3 Å². The Hall–Kier alpha value is -3.72. The van der Waals surface area contributed by atoms with Crippen molar-refractivity contribution in [3.05, 3.63) is 76.7 Å². The maximum Gasteiger partial charge on any atom is 0.349 e. The van der Waals surface area contributed by atoms with E-state index < -0.39 is 5.97 Å². The van der Waals surface area contributed by atoms with E-state index in [9.17, 15) is 10.1 Å². The van der Waals surface area contributed by atoms with E-state index >= 15 is 0 Å². The summed E-state index contributed by atoms with van der Waals surface area (Å²) < 4.78 is 10.3. The summed E-state index contributed by atoms with van der Waals surface area (Å²) >= 11 is 0. The molecule has 1 aromatic heterocycles. The molecular weight excluding hydrogens is 366 g/mol. The van der Waals surface area contributed by atoms with Crippen LogP contribution in [0.2, 0.25) is 0 Å². The number of nitriles is 1. The smallest absolute Gasteiger partial charge is 0.349 e. The Bertz CT molecular complexity index is 1060. The first-order valence-corrected chi connectivity index (χ1v) is 9.25. The number of carbonyl (C=O) groups excluding carboxylic acids is 1. The molecule has 146 valence electrons. The van der Waals surface area contributed by atoms with Crippen molar-refractivity contribution in [1.82, 2.24) is 10.1 Å². The van der Waals surface area contributed by atoms with Gasteiger partial charge in [-0.25, -0.2) is 4.79 Å². The summed E-state index contributed by atoms with van der Waals surface area (Å²) in [6.07, 6.45) is 1.48. The first-order chi connectivity index (χ1) is 14.0. The SMILES string of the molecule is Cc1ccc(/C=C(\C#N)C(=O)OCc2nc(-c3ccc(C(C)C)cc3)no2)cc1. The van der Waals surface area contributed by atoms with Gasteiger partial charge in [0.05, 0.1) is 0 Å². The van der Waals surface area contributed by atoms with E-state index in [-0.39, 0.29) is 18.1 Å². The molecule has 0 spiro atoms. The molecule has 0 radical (unpaired) electrons. The van der Waals surface area contributed by atoms with E-state index in [1.807, 2.05) is 61.5 Å². The number of hydrogen-bond acceptors (Lipinski definition) is 6. The Kier molecular flexibility index (Phi) is 6.20. The van der Waals surface area contributed by atoms with Gasteiger partial charge < -0.3 is 9.26 Å². The van der Waals surface area contributed by atoms with Gasteiger partial charge in [-0.2, -0.15) is 10.2 Å². The molecule has 0 atom stereocenters. The largest absolute Gasteiger partial charge is 0.451 e. The van der Waals surface area contributed by atoms with Crippen LogP contribution in [0.15, 0.2) is 58.6 Å². The Labute approximate surface area is 169 Å². The van der Waals surface area contributed by atoms with Crippen molar-refractivity contribution in [3.8, 4) is 17.5 Å². The second-order valence-electron chi connectivity index (χ2n) is 6.95. The lowest BCUT2D eigenvalue weighted by molar-refractivity contribution is -0.140. The molecule has 0 amide bonds. The van der Waals surface area contributed by atoms with E-state index in [1.54, 1.807) is 0 Å². The minimum Gasteiger partial charge on any atom is -0.451 e. The molecule has 2 aromatic carbocycles. The van der Waals surface area contributed by atoms with Crippen LogP contribution in [-0.4, -0.2) is 16.1 Å². The normalized spacial score (nSPS) is 11.3. The molecule has 0 aliphatic carbocycles. The molecule has 29 heavy (non-hydrogen) atoms. The zero-order valence-corrected chi connectivity index (χ0v) is 16.5. The van der Waals surface area contributed by atoms with E-state index in [2.05, 4.69) is 24.0 Å². The molecular formula is C23H21N3O3. The molecule has 3 rings (SSSR count). The second kappa shape index (κ2) is 8.98. The molecule has 6 heteroatoms. The number of aryl methyl sites for hydroxylation is 1. The van der Waals surface area contributed by atoms with E-state index in [0.29, 0.717) is 11.7 Å². The highest BCUT2D eigenvalue weighted by molar-refractivity contribution is 5.97. The van der Waals surface area contributed by atoms with Gasteiger partial charge in [-0.05, 0) is 30.0 Å². The number of carbonyl (C=O) groups is 1. The van der Waals surface area contributed by atoms with Gasteiger partial charge in [-0.3, -0.25) is 0 Å². The van der Waals surface area contributed by atoms with Crippen LogP contribution in [0.4, 0.5) is 0 Å². The number of benzene rings is 2. The maximum absolute atomic E-state index is 12.2. The predicted molar refractivity (Wildman–Crippen MR) is 108 cm³/mol. The van der Waals surface area contributed by atoms with Crippen molar-refractivity contribution >= 4 is 12.0 Å². The second-order valence-corrected chi connectivity index (χ2v) is 6.95. The van der Waals surface area contributed by atoms with Crippen LogP contribution in [0.3, 0.4) is 0 Å². The van der Waals surface area contributed by atoms with E-state index in [1.165, 1.54) is 11.6 Å². The quantitative estimate of drug-likeness (QED) is 0.342. The van der Waals surface area contributed by atoms with Crippen LogP contribution in [0, 0.1) is 18.3 Å². The molecule has 3 aromatic rings. The molecule has 0 saturated carbocycles. The van der Waals surface area contributed by atoms with Gasteiger partial charge in [-0.1, -0.05) is 73.1 Å². The number of esters is 1. The third-order valence-corrected chi connectivity index (χ3v) is 4.36. The molecule has 0 saturated heterocycles. The van der Waals surface area contributed by atoms with Crippen molar-refractivity contribution in [1.29, 1.82) is 5.26 Å². The first kappa shape index (κ1) is 20.0. The fourth-order valence-corrected chi connectivity index (χ4v) is 2.62. The zero-order chi connectivity index (χ0) is 20.8. The van der Waals surface area contributed by atoms with Gasteiger partial charge in [0.15, 0.2) is 6.61 Å². The van der Waals surface area contributed by atoms with Crippen LogP contribution >= 0.6 is 0 Å². The lowest BCUT2D eigenvalue weighted by Gasteiger charge is -2.04. The van der Waals surface area contributed by atoms with Gasteiger partial charge in [0.2, 0.25) is 5.82 Å². The molecule has 6 nitrogen and oxygen atoms in total. The summed E-state index contributed by atoms with van der Waals surface area (Å²) in [5, 5.41) is 13.2. The number of nitrogens with zero attached hydrogens (tertiary/aromatic N) is 3. The van der Waals surface area contributed by atoms with Crippen LogP contribution < -0.4 is 0 Å². The third-order valence-electron chi connectivity index (χ3n) is 4.36. The van der Waals surface area contributed by atoms with Crippen LogP contribution in [0.25, 0.3) is 17.5 Å². The lowest BCUT2D eigenvalue weighted by Crippen LogP contribution is -2.07. The van der Waals surface area contributed by atoms with Gasteiger partial charge >= 0.3 is 5.97 Å². The number of aromatic nitrogens is 2. The third kappa shape index (κ3) is 5.17. The van der Waals surface area contributed by atoms with Crippen molar-refractivity contribution in [3.63, 3.8) is 0 Å². The Morgan fingerprint density at radius 1 is 1.17 bits per heavy atom. The lowest BCUT2D eigenvalue weighted by atomic mass is 10.0. The molecule has 0 aliphatic rings. The van der Waals surface area contributed by atoms with E-state index in [0.717, 1.165) is 16.7 Å². The molecule has 0 fully saturated rings. The predicted octanol–water partition coefficient (Wildman–Crippen LogP) is 4.82. The summed E-state index contributed by atoms with van der Waals surface area (Å²) in [4.78, 5) is 16.4. The topological polar surface area (TPSA) is 89.0 Å². The standard InChI is InChI=1S/C23H21N3O3/c1-15(2)18-8-10-19(11-9-18)22-25-21(29-26-22)14-28-23(27)20(13-24)12-17-6-4-16(3)5-7-17/h4-12,15H,14H2,1-3H3/b20-12+. The highest BCUT2D eigenvalue weighted by Gasteiger charge is 2.15. The average molecular weight is 387 g/mol. The summed E-state index contributed by atoms with van der Waals surface area (Å²) in [6, 6.07) is 17.2. The minimum atomic E-state index is -0.742. The maximum atomic E-state index is 12.2. The summed E-state index contributed by atoms with van der Waals surface area (Å²) in [5.74, 6) is 0.275. The molecule has 0 unspecified atom stereocenters. The summed E-state index contributed by atoms with van der Waals surface area (Å²) in [7, 11) is 0. The fraction of sp³-hybridized carbons (Fsp3) is 0.217. The number of ether oxygens (including phenoxy) is 1. The molecule has 1 heterocycles. The molecule has 0 N–H and O–H groups in total. The number of hydrogen-bond donors (Lipinski definition) is 0. The van der Waals surface area contributed by atoms with Crippen LogP contribution in [-0.2, 0) is 16.1 Å². The summed E-state index contributed by atoms with van der Waals surface area (Å²) in [6.45, 7) is 6.00.